The highest BCUT2D eigenvalue weighted by Crippen LogP contribution is 2.38. The molecule has 0 radical (unpaired) electrons. The molecule has 2 aromatic carbocycles. The molecule has 4 aromatic rings. The van der Waals surface area contributed by atoms with E-state index < -0.39 is 33.6 Å². The predicted octanol–water partition coefficient (Wildman–Crippen LogP) is 7.62. The van der Waals surface area contributed by atoms with Crippen molar-refractivity contribution in [3.63, 3.8) is 0 Å². The lowest BCUT2D eigenvalue weighted by molar-refractivity contribution is -0.385. The summed E-state index contributed by atoms with van der Waals surface area (Å²) in [6.07, 6.45) is -5.99. The molecular formula is C26H22F6N6O4S. The molecular weight excluding hydrogens is 606 g/mol. The lowest BCUT2D eigenvalue weighted by Crippen LogP contribution is -2.07. The minimum absolute atomic E-state index is 0.135. The van der Waals surface area contributed by atoms with Crippen molar-refractivity contribution in [2.45, 2.75) is 38.0 Å². The molecule has 0 aliphatic carbocycles. The van der Waals surface area contributed by atoms with Crippen LogP contribution in [0.1, 0.15) is 35.4 Å². The quantitative estimate of drug-likeness (QED) is 0.0711. The van der Waals surface area contributed by atoms with Gasteiger partial charge in [-0.3, -0.25) is 30.4 Å². The van der Waals surface area contributed by atoms with E-state index in [0.717, 1.165) is 24.5 Å². The Labute approximate surface area is 243 Å². The number of aromatic nitrogens is 4. The van der Waals surface area contributed by atoms with E-state index in [-0.39, 0.29) is 57.6 Å². The molecule has 0 fully saturated rings. The highest BCUT2D eigenvalue weighted by Gasteiger charge is 2.37. The van der Waals surface area contributed by atoms with Crippen LogP contribution in [0.2, 0.25) is 0 Å². The van der Waals surface area contributed by atoms with Gasteiger partial charge in [-0.15, -0.1) is 0 Å². The second-order valence-electron chi connectivity index (χ2n) is 9.33. The molecule has 0 atom stereocenters. The van der Waals surface area contributed by atoms with Crippen molar-refractivity contribution in [3.8, 4) is 22.3 Å². The summed E-state index contributed by atoms with van der Waals surface area (Å²) in [5.74, 6) is 1.07. The summed E-state index contributed by atoms with van der Waals surface area (Å²) < 4.78 is 79.7. The lowest BCUT2D eigenvalue weighted by atomic mass is 9.99. The Hall–Kier alpha value is -4.41. The SMILES string of the molecule is O=[N+]([O-])c1ccc(-c2cn[nH]c2C(F)(F)F)cc1CCCSCCCc1cc(-c2cn[nH]c2C(F)(F)F)ccc1[N+](=O)[O-]. The molecule has 2 aromatic heterocycles. The number of nitro groups is 2. The third kappa shape index (κ3) is 7.52. The fourth-order valence-electron chi connectivity index (χ4n) is 4.54. The fourth-order valence-corrected chi connectivity index (χ4v) is 5.44. The molecule has 0 amide bonds. The summed E-state index contributed by atoms with van der Waals surface area (Å²) in [6.45, 7) is 0. The molecule has 43 heavy (non-hydrogen) atoms. The first kappa shape index (κ1) is 31.5. The van der Waals surface area contributed by atoms with Crippen molar-refractivity contribution in [2.24, 2.45) is 0 Å². The number of aryl methyl sites for hydroxylation is 2. The summed E-state index contributed by atoms with van der Waals surface area (Å²) in [6, 6.07) is 7.49. The van der Waals surface area contributed by atoms with Crippen molar-refractivity contribution >= 4 is 23.1 Å². The van der Waals surface area contributed by atoms with Crippen molar-refractivity contribution in [1.82, 2.24) is 20.4 Å². The van der Waals surface area contributed by atoms with E-state index in [1.165, 1.54) is 36.0 Å². The van der Waals surface area contributed by atoms with Gasteiger partial charge in [0.15, 0.2) is 0 Å². The number of nitrogens with one attached hydrogen (secondary N) is 2. The van der Waals surface area contributed by atoms with Crippen molar-refractivity contribution in [2.75, 3.05) is 11.5 Å². The van der Waals surface area contributed by atoms with Gasteiger partial charge in [0.25, 0.3) is 11.4 Å². The molecule has 0 unspecified atom stereocenters. The third-order valence-electron chi connectivity index (χ3n) is 6.49. The van der Waals surface area contributed by atoms with Crippen LogP contribution in [0.15, 0.2) is 48.8 Å². The normalized spacial score (nSPS) is 12.0. The standard InChI is InChI=1S/C26H22F6N6O4S/c27-25(28,29)23-19(13-33-35-23)15-5-7-21(37(39)40)17(11-15)3-1-9-43-10-2-4-18-12-16(6-8-22(18)38(41)42)20-14-34-36-24(20)26(30,31)32/h5-8,11-14H,1-4,9-10H2,(H,33,35)(H,34,36). The van der Waals surface area contributed by atoms with Crippen LogP contribution in [0.5, 0.6) is 0 Å². The molecule has 2 N–H and O–H groups in total. The molecule has 4 rings (SSSR count). The first-order valence-electron chi connectivity index (χ1n) is 12.6. The number of nitrogens with zero attached hydrogens (tertiary/aromatic N) is 4. The van der Waals surface area contributed by atoms with Crippen LogP contribution in [-0.4, -0.2) is 41.7 Å². The number of nitro benzene ring substituents is 2. The second kappa shape index (κ2) is 12.8. The van der Waals surface area contributed by atoms with Gasteiger partial charge in [0.2, 0.25) is 0 Å². The number of hydrogen-bond acceptors (Lipinski definition) is 7. The van der Waals surface area contributed by atoms with E-state index in [0.29, 0.717) is 24.3 Å². The van der Waals surface area contributed by atoms with E-state index >= 15 is 0 Å². The van der Waals surface area contributed by atoms with Crippen LogP contribution >= 0.6 is 11.8 Å². The van der Waals surface area contributed by atoms with E-state index in [2.05, 4.69) is 10.2 Å². The Morgan fingerprint density at radius 2 is 1.09 bits per heavy atom. The van der Waals surface area contributed by atoms with Crippen molar-refractivity contribution in [1.29, 1.82) is 0 Å². The van der Waals surface area contributed by atoms with Gasteiger partial charge < -0.3 is 0 Å². The average Bonchev–Trinajstić information content (AvgIpc) is 3.63. The highest BCUT2D eigenvalue weighted by atomic mass is 32.2. The number of rotatable bonds is 12. The maximum atomic E-state index is 13.3. The summed E-state index contributed by atoms with van der Waals surface area (Å²) in [7, 11) is 0. The van der Waals surface area contributed by atoms with E-state index in [4.69, 9.17) is 0 Å². The monoisotopic (exact) mass is 628 g/mol. The molecule has 0 bridgehead atoms. The van der Waals surface area contributed by atoms with Crippen LogP contribution in [0.3, 0.4) is 0 Å². The minimum atomic E-state index is -4.68. The Morgan fingerprint density at radius 1 is 0.698 bits per heavy atom. The number of thioether (sulfide) groups is 1. The second-order valence-corrected chi connectivity index (χ2v) is 10.6. The zero-order chi connectivity index (χ0) is 31.4. The number of benzene rings is 2. The lowest BCUT2D eigenvalue weighted by Gasteiger charge is -2.10. The van der Waals surface area contributed by atoms with Gasteiger partial charge in [-0.25, -0.2) is 0 Å². The predicted molar refractivity (Wildman–Crippen MR) is 145 cm³/mol. The Morgan fingerprint density at radius 3 is 1.44 bits per heavy atom. The van der Waals surface area contributed by atoms with Crippen LogP contribution in [0.25, 0.3) is 22.3 Å². The fraction of sp³-hybridized carbons (Fsp3) is 0.308. The van der Waals surface area contributed by atoms with Gasteiger partial charge >= 0.3 is 12.4 Å². The molecule has 17 heteroatoms. The van der Waals surface area contributed by atoms with Crippen LogP contribution < -0.4 is 0 Å². The Kier molecular flexibility index (Phi) is 9.42. The summed E-state index contributed by atoms with van der Waals surface area (Å²) in [5.41, 5.74) is -2.19. The molecule has 0 saturated heterocycles. The van der Waals surface area contributed by atoms with Crippen LogP contribution in [-0.2, 0) is 25.2 Å². The maximum absolute atomic E-state index is 13.3. The summed E-state index contributed by atoms with van der Waals surface area (Å²) in [5, 5.41) is 33.7. The van der Waals surface area contributed by atoms with Crippen LogP contribution in [0.4, 0.5) is 37.7 Å². The van der Waals surface area contributed by atoms with Gasteiger partial charge in [-0.1, -0.05) is 0 Å². The zero-order valence-electron chi connectivity index (χ0n) is 22.0. The largest absolute Gasteiger partial charge is 0.433 e. The van der Waals surface area contributed by atoms with Gasteiger partial charge in [-0.2, -0.15) is 48.3 Å². The topological polar surface area (TPSA) is 144 Å². The summed E-state index contributed by atoms with van der Waals surface area (Å²) in [4.78, 5) is 21.8. The number of H-pyrrole nitrogens is 2. The van der Waals surface area contributed by atoms with E-state index in [1.807, 2.05) is 10.2 Å². The molecule has 0 spiro atoms. The number of alkyl halides is 6. The average molecular weight is 629 g/mol. The summed E-state index contributed by atoms with van der Waals surface area (Å²) >= 11 is 1.47. The third-order valence-corrected chi connectivity index (χ3v) is 7.64. The first-order chi connectivity index (χ1) is 20.3. The van der Waals surface area contributed by atoms with Gasteiger partial charge in [-0.05, 0) is 72.6 Å². The smallest absolute Gasteiger partial charge is 0.273 e. The maximum Gasteiger partial charge on any atom is 0.433 e. The van der Waals surface area contributed by atoms with Gasteiger partial charge in [0, 0.05) is 34.4 Å². The molecule has 0 saturated carbocycles. The Bertz CT molecular complexity index is 1500. The Balaban J connectivity index is 1.36. The van der Waals surface area contributed by atoms with Gasteiger partial charge in [0.1, 0.15) is 11.4 Å². The van der Waals surface area contributed by atoms with E-state index in [1.54, 1.807) is 0 Å². The molecule has 10 nitrogen and oxygen atoms in total. The van der Waals surface area contributed by atoms with Crippen molar-refractivity contribution in [3.05, 3.63) is 91.5 Å². The first-order valence-corrected chi connectivity index (χ1v) is 13.8. The number of halogens is 6. The molecule has 228 valence electrons. The number of hydrogen-bond donors (Lipinski definition) is 2. The number of aromatic amines is 2. The molecule has 0 aliphatic rings. The molecule has 2 heterocycles. The highest BCUT2D eigenvalue weighted by molar-refractivity contribution is 7.99. The minimum Gasteiger partial charge on any atom is -0.273 e. The van der Waals surface area contributed by atoms with Gasteiger partial charge in [0.05, 0.1) is 22.2 Å². The van der Waals surface area contributed by atoms with E-state index in [9.17, 15) is 46.6 Å². The van der Waals surface area contributed by atoms with Crippen LogP contribution in [0, 0.1) is 20.2 Å². The van der Waals surface area contributed by atoms with Crippen molar-refractivity contribution < 1.29 is 36.2 Å². The zero-order valence-corrected chi connectivity index (χ0v) is 22.8. The molecule has 0 aliphatic heterocycles.